The van der Waals surface area contributed by atoms with Gasteiger partial charge in [-0.25, -0.2) is 0 Å². The molecular weight excluding hydrogens is 417 g/mol. The molecule has 0 saturated heterocycles. The minimum Gasteiger partial charge on any atom is -0.387 e. The van der Waals surface area contributed by atoms with Crippen molar-refractivity contribution in [1.82, 2.24) is 0 Å². The van der Waals surface area contributed by atoms with Gasteiger partial charge < -0.3 is 4.84 Å². The standard InChI is InChI=1S/C18H18ClF3N2O3S/c1-3-17(13-7-5-4-6-8-13)27-23-12(2)15-11-14(19)9-10-16(15)24-28(25,26)18(20,21)22/h4-11,17,24H,3H2,1-2H3. The summed E-state index contributed by atoms with van der Waals surface area (Å²) >= 11 is 5.91. The molecule has 0 aliphatic rings. The summed E-state index contributed by atoms with van der Waals surface area (Å²) in [6.07, 6.45) is 0.231. The first-order valence-corrected chi connectivity index (χ1v) is 10.1. The van der Waals surface area contributed by atoms with Gasteiger partial charge in [-0.2, -0.15) is 21.6 Å². The largest absolute Gasteiger partial charge is 0.516 e. The number of anilines is 1. The fourth-order valence-electron chi connectivity index (χ4n) is 2.34. The molecule has 0 amide bonds. The predicted octanol–water partition coefficient (Wildman–Crippen LogP) is 5.49. The number of nitrogens with one attached hydrogen (secondary N) is 1. The Labute approximate surface area is 166 Å². The third kappa shape index (κ3) is 5.39. The van der Waals surface area contributed by atoms with Crippen molar-refractivity contribution in [2.75, 3.05) is 4.72 Å². The number of nitrogens with zero attached hydrogens (tertiary/aromatic N) is 1. The van der Waals surface area contributed by atoms with Gasteiger partial charge in [-0.15, -0.1) is 0 Å². The van der Waals surface area contributed by atoms with Gasteiger partial charge in [0.25, 0.3) is 0 Å². The van der Waals surface area contributed by atoms with Crippen LogP contribution in [0.1, 0.15) is 37.5 Å². The van der Waals surface area contributed by atoms with E-state index in [-0.39, 0.29) is 28.1 Å². The van der Waals surface area contributed by atoms with Crippen LogP contribution in [-0.4, -0.2) is 19.6 Å². The highest BCUT2D eigenvalue weighted by molar-refractivity contribution is 7.93. The van der Waals surface area contributed by atoms with Crippen molar-refractivity contribution in [3.8, 4) is 0 Å². The van der Waals surface area contributed by atoms with Crippen molar-refractivity contribution in [2.24, 2.45) is 5.16 Å². The van der Waals surface area contributed by atoms with Gasteiger partial charge in [-0.05, 0) is 37.1 Å². The van der Waals surface area contributed by atoms with E-state index in [1.807, 2.05) is 37.3 Å². The van der Waals surface area contributed by atoms with Crippen LogP contribution in [0.3, 0.4) is 0 Å². The van der Waals surface area contributed by atoms with Crippen molar-refractivity contribution >= 4 is 33.0 Å². The zero-order valence-corrected chi connectivity index (χ0v) is 16.6. The van der Waals surface area contributed by atoms with Gasteiger partial charge in [-0.3, -0.25) is 4.72 Å². The molecule has 0 heterocycles. The Morgan fingerprint density at radius 2 is 1.86 bits per heavy atom. The molecule has 10 heteroatoms. The van der Waals surface area contributed by atoms with Crippen molar-refractivity contribution in [3.05, 3.63) is 64.7 Å². The third-order valence-electron chi connectivity index (χ3n) is 3.78. The number of halogens is 4. The Balaban J connectivity index is 2.33. The maximum absolute atomic E-state index is 12.7. The molecule has 152 valence electrons. The molecule has 0 spiro atoms. The van der Waals surface area contributed by atoms with Crippen LogP contribution in [0.4, 0.5) is 18.9 Å². The van der Waals surface area contributed by atoms with Crippen molar-refractivity contribution in [3.63, 3.8) is 0 Å². The Hall–Kier alpha value is -2.26. The molecule has 0 aliphatic carbocycles. The second-order valence-corrected chi connectivity index (χ2v) is 7.94. The molecule has 2 aromatic carbocycles. The summed E-state index contributed by atoms with van der Waals surface area (Å²) in [5.74, 6) is 0. The monoisotopic (exact) mass is 434 g/mol. The highest BCUT2D eigenvalue weighted by atomic mass is 35.5. The number of sulfonamides is 1. The minimum atomic E-state index is -5.59. The van der Waals surface area contributed by atoms with Crippen LogP contribution in [0.5, 0.6) is 0 Å². The maximum Gasteiger partial charge on any atom is 0.516 e. The van der Waals surface area contributed by atoms with E-state index in [0.29, 0.717) is 6.42 Å². The van der Waals surface area contributed by atoms with E-state index in [4.69, 9.17) is 16.4 Å². The maximum atomic E-state index is 12.7. The number of hydrogen-bond acceptors (Lipinski definition) is 4. The lowest BCUT2D eigenvalue weighted by molar-refractivity contribution is -0.0429. The first-order valence-electron chi connectivity index (χ1n) is 8.19. The molecule has 1 atom stereocenters. The van der Waals surface area contributed by atoms with Gasteiger partial charge in [0.05, 0.1) is 11.4 Å². The number of benzene rings is 2. The molecule has 0 aliphatic heterocycles. The minimum absolute atomic E-state index is 0.0724. The van der Waals surface area contributed by atoms with E-state index < -0.39 is 15.5 Å². The van der Waals surface area contributed by atoms with Crippen LogP contribution >= 0.6 is 11.6 Å². The molecule has 0 bridgehead atoms. The molecule has 2 aromatic rings. The van der Waals surface area contributed by atoms with E-state index >= 15 is 0 Å². The van der Waals surface area contributed by atoms with Gasteiger partial charge in [0.1, 0.15) is 0 Å². The van der Waals surface area contributed by atoms with Gasteiger partial charge in [0.15, 0.2) is 6.10 Å². The second-order valence-electron chi connectivity index (χ2n) is 5.83. The molecular formula is C18H18ClF3N2O3S. The first kappa shape index (κ1) is 22.0. The zero-order chi connectivity index (χ0) is 20.9. The van der Waals surface area contributed by atoms with Crippen LogP contribution in [0.15, 0.2) is 53.7 Å². The number of hydrogen-bond donors (Lipinski definition) is 1. The smallest absolute Gasteiger partial charge is 0.387 e. The lowest BCUT2D eigenvalue weighted by atomic mass is 10.1. The van der Waals surface area contributed by atoms with Gasteiger partial charge in [0.2, 0.25) is 0 Å². The first-order chi connectivity index (χ1) is 13.0. The lowest BCUT2D eigenvalue weighted by Crippen LogP contribution is -2.30. The predicted molar refractivity (Wildman–Crippen MR) is 103 cm³/mol. The van der Waals surface area contributed by atoms with Crippen LogP contribution in [0.2, 0.25) is 5.02 Å². The Bertz CT molecular complexity index is 948. The van der Waals surface area contributed by atoms with Crippen LogP contribution in [0, 0.1) is 0 Å². The summed E-state index contributed by atoms with van der Waals surface area (Å²) in [7, 11) is -5.59. The van der Waals surface area contributed by atoms with Crippen molar-refractivity contribution in [2.45, 2.75) is 31.9 Å². The lowest BCUT2D eigenvalue weighted by Gasteiger charge is -2.16. The van der Waals surface area contributed by atoms with Gasteiger partial charge in [0, 0.05) is 10.6 Å². The third-order valence-corrected chi connectivity index (χ3v) is 5.11. The van der Waals surface area contributed by atoms with Crippen molar-refractivity contribution < 1.29 is 26.4 Å². The fourth-order valence-corrected chi connectivity index (χ4v) is 3.09. The summed E-state index contributed by atoms with van der Waals surface area (Å²) < 4.78 is 62.5. The molecule has 28 heavy (non-hydrogen) atoms. The van der Waals surface area contributed by atoms with Gasteiger partial charge >= 0.3 is 15.5 Å². The Kier molecular flexibility index (Phi) is 6.95. The number of rotatable bonds is 7. The summed E-state index contributed by atoms with van der Waals surface area (Å²) in [5, 5.41) is 4.18. The summed E-state index contributed by atoms with van der Waals surface area (Å²) in [5.41, 5.74) is -4.64. The van der Waals surface area contributed by atoms with Crippen LogP contribution < -0.4 is 4.72 Å². The molecule has 2 rings (SSSR count). The SMILES string of the molecule is CCC(ON=C(C)c1cc(Cl)ccc1NS(=O)(=O)C(F)(F)F)c1ccccc1. The van der Waals surface area contributed by atoms with Gasteiger partial charge in [-0.1, -0.05) is 54.0 Å². The average molecular weight is 435 g/mol. The van der Waals surface area contributed by atoms with E-state index in [9.17, 15) is 21.6 Å². The highest BCUT2D eigenvalue weighted by Crippen LogP contribution is 2.29. The number of oxime groups is 1. The molecule has 1 unspecified atom stereocenters. The Morgan fingerprint density at radius 1 is 1.21 bits per heavy atom. The highest BCUT2D eigenvalue weighted by Gasteiger charge is 2.46. The summed E-state index contributed by atoms with van der Waals surface area (Å²) in [4.78, 5) is 5.53. The molecule has 1 N–H and O–H groups in total. The number of alkyl halides is 3. The molecule has 0 radical (unpaired) electrons. The normalized spacial score (nSPS) is 13.9. The molecule has 0 fully saturated rings. The van der Waals surface area contributed by atoms with Crippen LogP contribution in [-0.2, 0) is 14.9 Å². The van der Waals surface area contributed by atoms with E-state index in [1.165, 1.54) is 23.8 Å². The Morgan fingerprint density at radius 3 is 2.43 bits per heavy atom. The zero-order valence-electron chi connectivity index (χ0n) is 15.0. The summed E-state index contributed by atoms with van der Waals surface area (Å²) in [6.45, 7) is 3.37. The fraction of sp³-hybridized carbons (Fsp3) is 0.278. The molecule has 5 nitrogen and oxygen atoms in total. The molecule has 0 saturated carbocycles. The second kappa shape index (κ2) is 8.83. The van der Waals surface area contributed by atoms with Crippen LogP contribution in [0.25, 0.3) is 0 Å². The molecule has 0 aromatic heterocycles. The van der Waals surface area contributed by atoms with Crippen molar-refractivity contribution in [1.29, 1.82) is 0 Å². The average Bonchev–Trinajstić information content (AvgIpc) is 2.63. The quantitative estimate of drug-likeness (QED) is 0.462. The summed E-state index contributed by atoms with van der Waals surface area (Å²) in [6, 6.07) is 13.0. The van der Waals surface area contributed by atoms with E-state index in [0.717, 1.165) is 11.6 Å². The van der Waals surface area contributed by atoms with E-state index in [2.05, 4.69) is 5.16 Å². The topological polar surface area (TPSA) is 67.8 Å². The van der Waals surface area contributed by atoms with E-state index in [1.54, 1.807) is 0 Å².